The van der Waals surface area contributed by atoms with E-state index in [-0.39, 0.29) is 0 Å². The Labute approximate surface area is 135 Å². The molecule has 0 radical (unpaired) electrons. The van der Waals surface area contributed by atoms with Crippen molar-refractivity contribution in [2.24, 2.45) is 0 Å². The molecule has 0 unspecified atom stereocenters. The van der Waals surface area contributed by atoms with Crippen LogP contribution < -0.4 is 0 Å². The minimum Gasteiger partial charge on any atom is -0.378 e. The molecule has 2 aromatic rings. The normalized spacial score (nSPS) is 19.7. The van der Waals surface area contributed by atoms with Gasteiger partial charge in [-0.25, -0.2) is 8.42 Å². The third-order valence-corrected chi connectivity index (χ3v) is 6.18. The molecule has 0 saturated carbocycles. The van der Waals surface area contributed by atoms with Gasteiger partial charge in [0.25, 0.3) is 0 Å². The van der Waals surface area contributed by atoms with Crippen molar-refractivity contribution in [1.29, 1.82) is 0 Å². The highest BCUT2D eigenvalue weighted by Crippen LogP contribution is 2.43. The molecule has 0 aliphatic carbocycles. The van der Waals surface area contributed by atoms with Crippen LogP contribution in [0.4, 0.5) is 0 Å². The van der Waals surface area contributed by atoms with Crippen molar-refractivity contribution in [1.82, 2.24) is 4.90 Å². The third-order valence-electron chi connectivity index (χ3n) is 4.28. The Morgan fingerprint density at radius 3 is 2.26 bits per heavy atom. The molecular formula is C18H17NO3S. The van der Waals surface area contributed by atoms with E-state index in [0.29, 0.717) is 36.2 Å². The van der Waals surface area contributed by atoms with Gasteiger partial charge in [-0.3, -0.25) is 0 Å². The standard InChI is InChI=1S/C18H17NO3S/c20-23(21)16-9-5-4-8-15(16)17(14-6-2-1-3-7-14)18(23)19-10-12-22-13-11-19/h1-9H,10-13H2. The Bertz CT molecular complexity index is 866. The Morgan fingerprint density at radius 1 is 0.870 bits per heavy atom. The maximum atomic E-state index is 13.1. The Morgan fingerprint density at radius 2 is 1.52 bits per heavy atom. The Hall–Kier alpha value is -2.11. The first-order chi connectivity index (χ1) is 11.2. The summed E-state index contributed by atoms with van der Waals surface area (Å²) >= 11 is 0. The summed E-state index contributed by atoms with van der Waals surface area (Å²) in [6.45, 7) is 2.30. The van der Waals surface area contributed by atoms with Gasteiger partial charge in [0.05, 0.1) is 18.1 Å². The van der Waals surface area contributed by atoms with Crippen LogP contribution in [0, 0.1) is 0 Å². The largest absolute Gasteiger partial charge is 0.378 e. The van der Waals surface area contributed by atoms with Crippen molar-refractivity contribution < 1.29 is 13.2 Å². The van der Waals surface area contributed by atoms with Gasteiger partial charge in [-0.2, -0.15) is 0 Å². The van der Waals surface area contributed by atoms with E-state index in [0.717, 1.165) is 16.7 Å². The number of hydrogen-bond acceptors (Lipinski definition) is 4. The highest BCUT2D eigenvalue weighted by molar-refractivity contribution is 7.95. The van der Waals surface area contributed by atoms with Crippen LogP contribution in [0.25, 0.3) is 5.57 Å². The molecule has 0 atom stereocenters. The molecule has 5 heteroatoms. The Balaban J connectivity index is 1.99. The fraction of sp³-hybridized carbons (Fsp3) is 0.222. The zero-order valence-corrected chi connectivity index (χ0v) is 13.4. The number of benzene rings is 2. The maximum Gasteiger partial charge on any atom is 0.222 e. The molecule has 4 rings (SSSR count). The molecule has 0 amide bonds. The lowest BCUT2D eigenvalue weighted by Crippen LogP contribution is -2.37. The summed E-state index contributed by atoms with van der Waals surface area (Å²) in [5.41, 5.74) is 2.53. The number of hydrogen-bond donors (Lipinski definition) is 0. The van der Waals surface area contributed by atoms with Crippen LogP contribution in [-0.2, 0) is 14.6 Å². The molecule has 1 fully saturated rings. The summed E-state index contributed by atoms with van der Waals surface area (Å²) in [7, 11) is -3.49. The fourth-order valence-electron chi connectivity index (χ4n) is 3.24. The van der Waals surface area contributed by atoms with E-state index >= 15 is 0 Å². The third kappa shape index (κ3) is 2.28. The topological polar surface area (TPSA) is 46.6 Å². The molecule has 0 bridgehead atoms. The van der Waals surface area contributed by atoms with Gasteiger partial charge in [-0.1, -0.05) is 48.5 Å². The van der Waals surface area contributed by atoms with Crippen LogP contribution in [0.3, 0.4) is 0 Å². The molecule has 0 aromatic heterocycles. The van der Waals surface area contributed by atoms with Crippen LogP contribution >= 0.6 is 0 Å². The highest BCUT2D eigenvalue weighted by Gasteiger charge is 2.39. The van der Waals surface area contributed by atoms with Crippen molar-refractivity contribution in [3.8, 4) is 0 Å². The summed E-state index contributed by atoms with van der Waals surface area (Å²) in [6.07, 6.45) is 0. The van der Waals surface area contributed by atoms with Crippen molar-refractivity contribution >= 4 is 15.4 Å². The van der Waals surface area contributed by atoms with Gasteiger partial charge in [0.15, 0.2) is 0 Å². The molecule has 2 aromatic carbocycles. The molecule has 0 N–H and O–H groups in total. The summed E-state index contributed by atoms with van der Waals surface area (Å²) in [5.74, 6) is 0. The van der Waals surface area contributed by atoms with E-state index in [1.165, 1.54) is 0 Å². The number of fused-ring (bicyclic) bond motifs is 1. The lowest BCUT2D eigenvalue weighted by atomic mass is 9.99. The second-order valence-electron chi connectivity index (χ2n) is 5.65. The molecule has 0 spiro atoms. The molecule has 4 nitrogen and oxygen atoms in total. The molecule has 2 aliphatic heterocycles. The van der Waals surface area contributed by atoms with Crippen molar-refractivity contribution in [2.75, 3.05) is 26.3 Å². The van der Waals surface area contributed by atoms with Crippen molar-refractivity contribution in [3.63, 3.8) is 0 Å². The average molecular weight is 327 g/mol. The summed E-state index contributed by atoms with van der Waals surface area (Å²) in [5, 5.41) is 0.424. The minimum atomic E-state index is -3.49. The molecule has 23 heavy (non-hydrogen) atoms. The van der Waals surface area contributed by atoms with Gasteiger partial charge in [-0.15, -0.1) is 0 Å². The number of nitrogens with zero attached hydrogens (tertiary/aromatic N) is 1. The SMILES string of the molecule is O=S1(=O)C(N2CCOCC2)=C(c2ccccc2)c2ccccc21. The van der Waals surface area contributed by atoms with Crippen LogP contribution in [0.15, 0.2) is 64.5 Å². The first kappa shape index (κ1) is 14.5. The van der Waals surface area contributed by atoms with Crippen LogP contribution in [0.1, 0.15) is 11.1 Å². The van der Waals surface area contributed by atoms with Gasteiger partial charge in [0.2, 0.25) is 9.84 Å². The number of morpholine rings is 1. The zero-order chi connectivity index (χ0) is 15.9. The van der Waals surface area contributed by atoms with Crippen molar-refractivity contribution in [3.05, 3.63) is 70.8 Å². The van der Waals surface area contributed by atoms with E-state index in [1.807, 2.05) is 47.4 Å². The number of sulfone groups is 1. The van der Waals surface area contributed by atoms with E-state index in [9.17, 15) is 8.42 Å². The lowest BCUT2D eigenvalue weighted by Gasteiger charge is -2.30. The van der Waals surface area contributed by atoms with E-state index in [2.05, 4.69) is 0 Å². The predicted molar refractivity (Wildman–Crippen MR) is 88.5 cm³/mol. The highest BCUT2D eigenvalue weighted by atomic mass is 32.2. The second-order valence-corrected chi connectivity index (χ2v) is 7.48. The maximum absolute atomic E-state index is 13.1. The predicted octanol–water partition coefficient (Wildman–Crippen LogP) is 2.52. The van der Waals surface area contributed by atoms with Crippen LogP contribution in [0.5, 0.6) is 0 Å². The van der Waals surface area contributed by atoms with Gasteiger partial charge in [0, 0.05) is 24.2 Å². The van der Waals surface area contributed by atoms with Gasteiger partial charge < -0.3 is 9.64 Å². The van der Waals surface area contributed by atoms with E-state index in [4.69, 9.17) is 4.74 Å². The van der Waals surface area contributed by atoms with Gasteiger partial charge >= 0.3 is 0 Å². The monoisotopic (exact) mass is 327 g/mol. The molecular weight excluding hydrogens is 310 g/mol. The number of rotatable bonds is 2. The smallest absolute Gasteiger partial charge is 0.222 e. The summed E-state index contributed by atoms with van der Waals surface area (Å²) < 4.78 is 31.6. The minimum absolute atomic E-state index is 0.403. The molecule has 1 saturated heterocycles. The molecule has 2 heterocycles. The van der Waals surface area contributed by atoms with E-state index < -0.39 is 9.84 Å². The first-order valence-electron chi connectivity index (χ1n) is 7.66. The first-order valence-corrected chi connectivity index (χ1v) is 9.15. The van der Waals surface area contributed by atoms with Gasteiger partial charge in [-0.05, 0) is 11.6 Å². The number of ether oxygens (including phenoxy) is 1. The van der Waals surface area contributed by atoms with Crippen LogP contribution in [0.2, 0.25) is 0 Å². The summed E-state index contributed by atoms with van der Waals surface area (Å²) in [4.78, 5) is 2.35. The molecule has 118 valence electrons. The Kier molecular flexibility index (Phi) is 3.47. The quantitative estimate of drug-likeness (QED) is 0.850. The zero-order valence-electron chi connectivity index (χ0n) is 12.6. The summed E-state index contributed by atoms with van der Waals surface area (Å²) in [6, 6.07) is 17.0. The molecule has 2 aliphatic rings. The second kappa shape index (κ2) is 5.51. The van der Waals surface area contributed by atoms with Crippen molar-refractivity contribution in [2.45, 2.75) is 4.90 Å². The fourth-order valence-corrected chi connectivity index (χ4v) is 5.18. The van der Waals surface area contributed by atoms with Crippen LogP contribution in [-0.4, -0.2) is 39.6 Å². The average Bonchev–Trinajstić information content (AvgIpc) is 2.84. The van der Waals surface area contributed by atoms with E-state index in [1.54, 1.807) is 12.1 Å². The lowest BCUT2D eigenvalue weighted by molar-refractivity contribution is 0.0575. The van der Waals surface area contributed by atoms with Gasteiger partial charge in [0.1, 0.15) is 5.03 Å².